The summed E-state index contributed by atoms with van der Waals surface area (Å²) < 4.78 is 24.4. The van der Waals surface area contributed by atoms with E-state index in [1.807, 2.05) is 10.8 Å². The summed E-state index contributed by atoms with van der Waals surface area (Å²) in [4.78, 5) is 33.6. The highest BCUT2D eigenvalue weighted by Crippen LogP contribution is 2.15. The first-order valence-electron chi connectivity index (χ1n) is 7.20. The molecule has 1 aliphatic rings. The maximum atomic E-state index is 12.2. The molecule has 1 heterocycles. The average Bonchev–Trinajstić information content (AvgIpc) is 2.74. The van der Waals surface area contributed by atoms with E-state index in [0.29, 0.717) is 25.8 Å². The fourth-order valence-electron chi connectivity index (χ4n) is 2.27. The van der Waals surface area contributed by atoms with Crippen LogP contribution in [0.4, 0.5) is 4.79 Å². The van der Waals surface area contributed by atoms with Crippen molar-refractivity contribution in [3.63, 3.8) is 0 Å². The Morgan fingerprint density at radius 2 is 1.87 bits per heavy atom. The second-order valence-electron chi connectivity index (χ2n) is 5.28. The van der Waals surface area contributed by atoms with E-state index in [4.69, 9.17) is 10.3 Å². The van der Waals surface area contributed by atoms with Crippen LogP contribution in [0.2, 0.25) is 0 Å². The van der Waals surface area contributed by atoms with E-state index in [9.17, 15) is 22.8 Å². The van der Waals surface area contributed by atoms with Gasteiger partial charge in [0.1, 0.15) is 6.04 Å². The second-order valence-corrected chi connectivity index (χ2v) is 7.51. The Bertz CT molecular complexity index is 549. The number of rotatable bonds is 11. The Kier molecular flexibility index (Phi) is 7.39. The molecule has 5 N–H and O–H groups in total. The SMILES string of the molecule is O=C1NC(=O)C(CS(=O)(=O)C(CCCCCCNO)C(=O)O)N1. The molecule has 1 aliphatic heterocycles. The lowest BCUT2D eigenvalue weighted by molar-refractivity contribution is -0.136. The Morgan fingerprint density at radius 1 is 1.22 bits per heavy atom. The summed E-state index contributed by atoms with van der Waals surface area (Å²) in [5.74, 6) is -2.98. The van der Waals surface area contributed by atoms with Crippen LogP contribution < -0.4 is 16.1 Å². The summed E-state index contributed by atoms with van der Waals surface area (Å²) in [6, 6.07) is -2.05. The van der Waals surface area contributed by atoms with E-state index < -0.39 is 44.8 Å². The maximum absolute atomic E-state index is 12.2. The Hall–Kier alpha value is -1.72. The van der Waals surface area contributed by atoms with Gasteiger partial charge in [-0.05, 0) is 12.8 Å². The van der Waals surface area contributed by atoms with Crippen molar-refractivity contribution in [3.8, 4) is 0 Å². The third-order valence-corrected chi connectivity index (χ3v) is 5.57. The van der Waals surface area contributed by atoms with Gasteiger partial charge in [0.05, 0.1) is 5.75 Å². The number of aliphatic carboxylic acids is 1. The number of carbonyl (C=O) groups excluding carboxylic acids is 2. The molecule has 0 radical (unpaired) electrons. The smallest absolute Gasteiger partial charge is 0.322 e. The normalized spacial score (nSPS) is 19.3. The predicted octanol–water partition coefficient (Wildman–Crippen LogP) is -1.01. The molecule has 0 aromatic carbocycles. The number of carboxylic acid groups (broad SMARTS) is 1. The van der Waals surface area contributed by atoms with Crippen molar-refractivity contribution in [1.82, 2.24) is 16.1 Å². The van der Waals surface area contributed by atoms with E-state index in [-0.39, 0.29) is 6.42 Å². The molecule has 2 atom stereocenters. The second kappa shape index (κ2) is 8.79. The number of carbonyl (C=O) groups is 3. The number of nitrogens with one attached hydrogen (secondary N) is 3. The zero-order valence-electron chi connectivity index (χ0n) is 12.4. The van der Waals surface area contributed by atoms with Crippen molar-refractivity contribution in [2.24, 2.45) is 0 Å². The Labute approximate surface area is 133 Å². The van der Waals surface area contributed by atoms with Crippen LogP contribution in [-0.4, -0.2) is 60.2 Å². The van der Waals surface area contributed by atoms with Gasteiger partial charge in [-0.2, -0.15) is 0 Å². The van der Waals surface area contributed by atoms with Crippen molar-refractivity contribution in [3.05, 3.63) is 0 Å². The topological polar surface area (TPSA) is 162 Å². The molecule has 0 aromatic heterocycles. The van der Waals surface area contributed by atoms with Crippen molar-refractivity contribution in [2.45, 2.75) is 43.4 Å². The molecule has 0 spiro atoms. The van der Waals surface area contributed by atoms with Crippen molar-refractivity contribution in [2.75, 3.05) is 12.3 Å². The summed E-state index contributed by atoms with van der Waals surface area (Å²) in [5.41, 5.74) is 2.00. The molecule has 0 bridgehead atoms. The molecule has 11 heteroatoms. The largest absolute Gasteiger partial charge is 0.480 e. The minimum atomic E-state index is -4.09. The Morgan fingerprint density at radius 3 is 2.39 bits per heavy atom. The van der Waals surface area contributed by atoms with Crippen molar-refractivity contribution >= 4 is 27.7 Å². The minimum absolute atomic E-state index is 0.0630. The minimum Gasteiger partial charge on any atom is -0.480 e. The van der Waals surface area contributed by atoms with Gasteiger partial charge in [-0.25, -0.2) is 18.7 Å². The Balaban J connectivity index is 2.55. The van der Waals surface area contributed by atoms with Gasteiger partial charge in [0.2, 0.25) is 0 Å². The highest BCUT2D eigenvalue weighted by molar-refractivity contribution is 7.92. The van der Waals surface area contributed by atoms with Gasteiger partial charge in [0.25, 0.3) is 5.91 Å². The molecule has 1 fully saturated rings. The summed E-state index contributed by atoms with van der Waals surface area (Å²) in [6.45, 7) is 0.414. The molecule has 23 heavy (non-hydrogen) atoms. The third-order valence-electron chi connectivity index (χ3n) is 3.47. The zero-order chi connectivity index (χ0) is 17.5. The van der Waals surface area contributed by atoms with Crippen LogP contribution >= 0.6 is 0 Å². The van der Waals surface area contributed by atoms with Gasteiger partial charge in [-0.1, -0.05) is 19.3 Å². The van der Waals surface area contributed by atoms with E-state index >= 15 is 0 Å². The number of amides is 3. The molecule has 1 rings (SSSR count). The molecular formula is C12H21N3O7S. The zero-order valence-corrected chi connectivity index (χ0v) is 13.3. The number of hydrogen-bond acceptors (Lipinski definition) is 7. The van der Waals surface area contributed by atoms with E-state index in [1.54, 1.807) is 0 Å². The number of urea groups is 1. The lowest BCUT2D eigenvalue weighted by Crippen LogP contribution is -2.42. The average molecular weight is 351 g/mol. The highest BCUT2D eigenvalue weighted by atomic mass is 32.2. The molecular weight excluding hydrogens is 330 g/mol. The van der Waals surface area contributed by atoms with Crippen LogP contribution in [0, 0.1) is 0 Å². The quantitative estimate of drug-likeness (QED) is 0.180. The fourth-order valence-corrected chi connectivity index (χ4v) is 4.03. The van der Waals surface area contributed by atoms with Crippen molar-refractivity contribution < 1.29 is 33.1 Å². The first kappa shape index (κ1) is 19.3. The standard InChI is InChI=1S/C12H21N3O7S/c16-10-8(14-12(19)15-10)7-23(21,22)9(11(17)18)5-3-1-2-4-6-13-20/h8-9,13,20H,1-7H2,(H,17,18)(H2,14,15,16,19). The first-order valence-corrected chi connectivity index (χ1v) is 8.92. The van der Waals surface area contributed by atoms with Gasteiger partial charge in [0.15, 0.2) is 15.1 Å². The predicted molar refractivity (Wildman–Crippen MR) is 78.5 cm³/mol. The number of imide groups is 1. The summed E-state index contributed by atoms with van der Waals surface area (Å²) in [5, 5.41) is 20.0. The molecule has 3 amide bonds. The van der Waals surface area contributed by atoms with Crippen LogP contribution in [0.1, 0.15) is 32.1 Å². The molecule has 0 saturated carbocycles. The van der Waals surface area contributed by atoms with Crippen molar-refractivity contribution in [1.29, 1.82) is 0 Å². The maximum Gasteiger partial charge on any atom is 0.322 e. The molecule has 0 aromatic rings. The van der Waals surface area contributed by atoms with E-state index in [2.05, 4.69) is 5.32 Å². The third kappa shape index (κ3) is 6.12. The highest BCUT2D eigenvalue weighted by Gasteiger charge is 2.39. The fraction of sp³-hybridized carbons (Fsp3) is 0.750. The van der Waals surface area contributed by atoms with Crippen LogP contribution in [0.15, 0.2) is 0 Å². The molecule has 132 valence electrons. The summed E-state index contributed by atoms with van der Waals surface area (Å²) in [7, 11) is -4.09. The van der Waals surface area contributed by atoms with Crippen LogP contribution in [-0.2, 0) is 19.4 Å². The van der Waals surface area contributed by atoms with Crippen LogP contribution in [0.3, 0.4) is 0 Å². The number of hydroxylamine groups is 1. The number of hydrogen-bond donors (Lipinski definition) is 5. The van der Waals surface area contributed by atoms with E-state index in [1.165, 1.54) is 0 Å². The lowest BCUT2D eigenvalue weighted by atomic mass is 10.1. The number of unbranched alkanes of at least 4 members (excludes halogenated alkanes) is 3. The lowest BCUT2D eigenvalue weighted by Gasteiger charge is -2.15. The number of carboxylic acids is 1. The van der Waals surface area contributed by atoms with Crippen LogP contribution in [0.25, 0.3) is 0 Å². The number of sulfone groups is 1. The van der Waals surface area contributed by atoms with E-state index in [0.717, 1.165) is 6.42 Å². The van der Waals surface area contributed by atoms with Gasteiger partial charge < -0.3 is 15.6 Å². The summed E-state index contributed by atoms with van der Waals surface area (Å²) in [6.07, 6.45) is 2.37. The van der Waals surface area contributed by atoms with Gasteiger partial charge >= 0.3 is 12.0 Å². The monoisotopic (exact) mass is 351 g/mol. The van der Waals surface area contributed by atoms with Gasteiger partial charge in [-0.3, -0.25) is 14.9 Å². The van der Waals surface area contributed by atoms with Crippen LogP contribution in [0.5, 0.6) is 0 Å². The summed E-state index contributed by atoms with van der Waals surface area (Å²) >= 11 is 0. The molecule has 2 unspecified atom stereocenters. The van der Waals surface area contributed by atoms with Gasteiger partial charge in [0, 0.05) is 6.54 Å². The first-order chi connectivity index (χ1) is 10.8. The van der Waals surface area contributed by atoms with Gasteiger partial charge in [-0.15, -0.1) is 0 Å². The molecule has 0 aliphatic carbocycles. The molecule has 10 nitrogen and oxygen atoms in total. The molecule has 1 saturated heterocycles.